The van der Waals surface area contributed by atoms with Gasteiger partial charge in [-0.25, -0.2) is 13.6 Å². The van der Waals surface area contributed by atoms with E-state index in [4.69, 9.17) is 44.7 Å². The van der Waals surface area contributed by atoms with Crippen LogP contribution < -0.4 is 9.88 Å². The summed E-state index contributed by atoms with van der Waals surface area (Å²) in [7, 11) is -3.95. The Morgan fingerprint density at radius 2 is 1.62 bits per heavy atom. The van der Waals surface area contributed by atoms with Gasteiger partial charge in [0, 0.05) is 20.6 Å². The summed E-state index contributed by atoms with van der Waals surface area (Å²) in [5, 5.41) is 6.34. The molecule has 0 saturated carbocycles. The van der Waals surface area contributed by atoms with Crippen LogP contribution in [0.25, 0.3) is 0 Å². The number of benzene rings is 2. The molecule has 2 aromatic carbocycles. The molecule has 0 radical (unpaired) electrons. The van der Waals surface area contributed by atoms with Crippen LogP contribution in [0.2, 0.25) is 15.1 Å². The number of halogens is 3. The Balaban J connectivity index is 2.30. The van der Waals surface area contributed by atoms with Crippen LogP contribution in [0.4, 0.5) is 0 Å². The van der Waals surface area contributed by atoms with Crippen molar-refractivity contribution in [2.75, 3.05) is 0 Å². The molecule has 8 heteroatoms. The molecular weight excluding hydrogens is 357 g/mol. The van der Waals surface area contributed by atoms with Crippen LogP contribution in [0.3, 0.4) is 0 Å². The number of sulfonamides is 1. The van der Waals surface area contributed by atoms with E-state index >= 15 is 0 Å². The monoisotopic (exact) mass is 365 g/mol. The van der Waals surface area contributed by atoms with Gasteiger partial charge in [-0.3, -0.25) is 0 Å². The maximum Gasteiger partial charge on any atom is 0.241 e. The Morgan fingerprint density at radius 3 is 2.29 bits per heavy atom. The van der Waals surface area contributed by atoms with Crippen molar-refractivity contribution in [1.29, 1.82) is 0 Å². The molecule has 0 aliphatic carbocycles. The molecule has 2 rings (SSSR count). The Labute approximate surface area is 137 Å². The third kappa shape index (κ3) is 4.25. The van der Waals surface area contributed by atoms with Crippen molar-refractivity contribution in [2.45, 2.75) is 11.5 Å². The van der Waals surface area contributed by atoms with Crippen molar-refractivity contribution in [3.63, 3.8) is 0 Å². The van der Waals surface area contributed by atoms with Crippen LogP contribution in [0, 0.1) is 0 Å². The van der Waals surface area contributed by atoms with Crippen LogP contribution in [0.15, 0.2) is 41.3 Å². The van der Waals surface area contributed by atoms with E-state index in [2.05, 4.69) is 0 Å². The molecule has 112 valence electrons. The minimum Gasteiger partial charge on any atom is -0.487 e. The lowest BCUT2D eigenvalue weighted by molar-refractivity contribution is 0.298. The number of hydrogen-bond donors (Lipinski definition) is 1. The third-order valence-electron chi connectivity index (χ3n) is 2.60. The summed E-state index contributed by atoms with van der Waals surface area (Å²) in [6.07, 6.45) is 0. The first-order valence-corrected chi connectivity index (χ1v) is 8.34. The standard InChI is InChI=1S/C13H10Cl3NO3S/c14-9-1-3-11(16)8(5-9)7-20-12-4-2-10(15)6-13(12)21(17,18)19/h1-6H,7H2,(H2,17,18,19). The molecule has 0 heterocycles. The van der Waals surface area contributed by atoms with E-state index in [1.165, 1.54) is 18.2 Å². The topological polar surface area (TPSA) is 69.4 Å². The average Bonchev–Trinajstić information content (AvgIpc) is 2.40. The van der Waals surface area contributed by atoms with Gasteiger partial charge in [0.2, 0.25) is 10.0 Å². The van der Waals surface area contributed by atoms with Gasteiger partial charge >= 0.3 is 0 Å². The molecule has 0 saturated heterocycles. The zero-order valence-corrected chi connectivity index (χ0v) is 13.6. The fourth-order valence-electron chi connectivity index (χ4n) is 1.63. The Hall–Kier alpha value is -0.980. The second-order valence-electron chi connectivity index (χ2n) is 4.16. The summed E-state index contributed by atoms with van der Waals surface area (Å²) in [6, 6.07) is 9.07. The van der Waals surface area contributed by atoms with Crippen LogP contribution in [-0.2, 0) is 16.6 Å². The zero-order valence-electron chi connectivity index (χ0n) is 10.5. The van der Waals surface area contributed by atoms with E-state index in [0.717, 1.165) is 0 Å². The van der Waals surface area contributed by atoms with Gasteiger partial charge in [0.05, 0.1) is 0 Å². The number of primary sulfonamides is 1. The van der Waals surface area contributed by atoms with Crippen molar-refractivity contribution in [3.05, 3.63) is 57.0 Å². The molecule has 0 bridgehead atoms. The van der Waals surface area contributed by atoms with Gasteiger partial charge in [-0.05, 0) is 36.4 Å². The van der Waals surface area contributed by atoms with Crippen molar-refractivity contribution in [2.24, 2.45) is 5.14 Å². The zero-order chi connectivity index (χ0) is 15.6. The number of ether oxygens (including phenoxy) is 1. The summed E-state index contributed by atoms with van der Waals surface area (Å²) >= 11 is 17.7. The summed E-state index contributed by atoms with van der Waals surface area (Å²) in [5.74, 6) is 0.0953. The molecule has 2 aromatic rings. The highest BCUT2D eigenvalue weighted by Crippen LogP contribution is 2.28. The Morgan fingerprint density at radius 1 is 1.00 bits per heavy atom. The SMILES string of the molecule is NS(=O)(=O)c1cc(Cl)ccc1OCc1cc(Cl)ccc1Cl. The van der Waals surface area contributed by atoms with Crippen molar-refractivity contribution in [3.8, 4) is 5.75 Å². The van der Waals surface area contributed by atoms with Crippen LogP contribution in [0.5, 0.6) is 5.75 Å². The summed E-state index contributed by atoms with van der Waals surface area (Å²) in [6.45, 7) is 0.0452. The normalized spacial score (nSPS) is 11.4. The maximum absolute atomic E-state index is 11.5. The van der Waals surface area contributed by atoms with Gasteiger partial charge in [-0.15, -0.1) is 0 Å². The van der Waals surface area contributed by atoms with Crippen molar-refractivity contribution in [1.82, 2.24) is 0 Å². The highest BCUT2D eigenvalue weighted by molar-refractivity contribution is 7.89. The van der Waals surface area contributed by atoms with Gasteiger partial charge in [0.25, 0.3) is 0 Å². The second-order valence-corrected chi connectivity index (χ2v) is 6.97. The number of rotatable bonds is 4. The van der Waals surface area contributed by atoms with E-state index in [0.29, 0.717) is 15.6 Å². The molecule has 0 amide bonds. The first-order valence-electron chi connectivity index (χ1n) is 5.66. The Kier molecular flexibility index (Phi) is 5.01. The first-order chi connectivity index (χ1) is 9.77. The summed E-state index contributed by atoms with van der Waals surface area (Å²) in [4.78, 5) is -0.187. The van der Waals surface area contributed by atoms with Gasteiger partial charge in [-0.1, -0.05) is 34.8 Å². The lowest BCUT2D eigenvalue weighted by Gasteiger charge is -2.11. The fourth-order valence-corrected chi connectivity index (χ4v) is 2.94. The highest BCUT2D eigenvalue weighted by Gasteiger charge is 2.16. The van der Waals surface area contributed by atoms with E-state index < -0.39 is 10.0 Å². The molecule has 0 aromatic heterocycles. The predicted octanol–water partition coefficient (Wildman–Crippen LogP) is 3.87. The lowest BCUT2D eigenvalue weighted by atomic mass is 10.2. The first kappa shape index (κ1) is 16.4. The van der Waals surface area contributed by atoms with Crippen LogP contribution in [0.1, 0.15) is 5.56 Å². The van der Waals surface area contributed by atoms with Crippen LogP contribution in [-0.4, -0.2) is 8.42 Å². The van der Waals surface area contributed by atoms with Gasteiger partial charge in [0.1, 0.15) is 17.3 Å². The van der Waals surface area contributed by atoms with E-state index in [1.54, 1.807) is 18.2 Å². The third-order valence-corrected chi connectivity index (χ3v) is 4.37. The quantitative estimate of drug-likeness (QED) is 0.893. The predicted molar refractivity (Wildman–Crippen MR) is 83.6 cm³/mol. The van der Waals surface area contributed by atoms with E-state index in [-0.39, 0.29) is 22.3 Å². The maximum atomic E-state index is 11.5. The fraction of sp³-hybridized carbons (Fsp3) is 0.0769. The van der Waals surface area contributed by atoms with Crippen molar-refractivity contribution < 1.29 is 13.2 Å². The molecule has 0 aliphatic heterocycles. The molecular formula is C13H10Cl3NO3S. The van der Waals surface area contributed by atoms with E-state index in [9.17, 15) is 8.42 Å². The average molecular weight is 367 g/mol. The summed E-state index contributed by atoms with van der Waals surface area (Å²) in [5.41, 5.74) is 0.625. The second kappa shape index (κ2) is 6.42. The minimum atomic E-state index is -3.95. The summed E-state index contributed by atoms with van der Waals surface area (Å²) < 4.78 is 28.5. The molecule has 0 aliphatic rings. The van der Waals surface area contributed by atoms with E-state index in [1.807, 2.05) is 0 Å². The van der Waals surface area contributed by atoms with Gasteiger partial charge in [0.15, 0.2) is 0 Å². The van der Waals surface area contributed by atoms with Gasteiger partial charge < -0.3 is 4.74 Å². The molecule has 0 spiro atoms. The van der Waals surface area contributed by atoms with Gasteiger partial charge in [-0.2, -0.15) is 0 Å². The Bertz CT molecular complexity index is 778. The lowest BCUT2D eigenvalue weighted by Crippen LogP contribution is -2.14. The molecule has 2 N–H and O–H groups in total. The van der Waals surface area contributed by atoms with Crippen LogP contribution >= 0.6 is 34.8 Å². The molecule has 0 unspecified atom stereocenters. The molecule has 0 atom stereocenters. The smallest absolute Gasteiger partial charge is 0.241 e. The minimum absolute atomic E-state index is 0.0452. The molecule has 21 heavy (non-hydrogen) atoms. The molecule has 4 nitrogen and oxygen atoms in total. The number of nitrogens with two attached hydrogens (primary N) is 1. The number of hydrogen-bond acceptors (Lipinski definition) is 3. The largest absolute Gasteiger partial charge is 0.487 e. The molecule has 0 fully saturated rings. The van der Waals surface area contributed by atoms with Crippen molar-refractivity contribution >= 4 is 44.8 Å². The highest BCUT2D eigenvalue weighted by atomic mass is 35.5.